The minimum absolute atomic E-state index is 0.151. The van der Waals surface area contributed by atoms with E-state index >= 15 is 0 Å². The number of hydrogen-bond acceptors (Lipinski definition) is 4. The van der Waals surface area contributed by atoms with E-state index in [1.165, 1.54) is 11.3 Å². The summed E-state index contributed by atoms with van der Waals surface area (Å²) in [5.74, 6) is 0.367. The summed E-state index contributed by atoms with van der Waals surface area (Å²) in [6.07, 6.45) is 0.821. The largest absolute Gasteiger partial charge is 0.391 e. The number of hydrogen-bond donors (Lipinski definition) is 2. The van der Waals surface area contributed by atoms with Gasteiger partial charge in [0.15, 0.2) is 0 Å². The molecule has 0 radical (unpaired) electrons. The van der Waals surface area contributed by atoms with E-state index in [2.05, 4.69) is 24.1 Å². The number of thiazole rings is 1. The van der Waals surface area contributed by atoms with Gasteiger partial charge < -0.3 is 10.4 Å². The summed E-state index contributed by atoms with van der Waals surface area (Å²) in [4.78, 5) is 17.4. The summed E-state index contributed by atoms with van der Waals surface area (Å²) in [6, 6.07) is 9.77. The van der Waals surface area contributed by atoms with E-state index < -0.39 is 6.10 Å². The lowest BCUT2D eigenvalue weighted by molar-refractivity contribution is 0.0919. The van der Waals surface area contributed by atoms with E-state index in [1.54, 1.807) is 0 Å². The summed E-state index contributed by atoms with van der Waals surface area (Å²) < 4.78 is 0. The van der Waals surface area contributed by atoms with E-state index in [0.29, 0.717) is 17.2 Å². The quantitative estimate of drug-likeness (QED) is 0.819. The van der Waals surface area contributed by atoms with Crippen LogP contribution in [0.25, 0.3) is 0 Å². The molecule has 1 amide bonds. The van der Waals surface area contributed by atoms with Gasteiger partial charge in [0, 0.05) is 19.4 Å². The van der Waals surface area contributed by atoms with Crippen molar-refractivity contribution in [2.24, 2.45) is 5.92 Å². The van der Waals surface area contributed by atoms with Crippen LogP contribution in [-0.2, 0) is 12.8 Å². The summed E-state index contributed by atoms with van der Waals surface area (Å²) in [5, 5.41) is 13.9. The van der Waals surface area contributed by atoms with Crippen LogP contribution in [-0.4, -0.2) is 28.6 Å². The molecule has 0 bridgehead atoms. The van der Waals surface area contributed by atoms with Crippen LogP contribution < -0.4 is 5.32 Å². The van der Waals surface area contributed by atoms with Gasteiger partial charge in [0.2, 0.25) is 0 Å². The maximum Gasteiger partial charge on any atom is 0.263 e. The van der Waals surface area contributed by atoms with Crippen LogP contribution in [0.1, 0.15) is 39.8 Å². The molecule has 2 rings (SSSR count). The second kappa shape index (κ2) is 8.22. The minimum atomic E-state index is -0.593. The van der Waals surface area contributed by atoms with Crippen molar-refractivity contribution in [3.63, 3.8) is 0 Å². The number of nitrogens with zero attached hydrogens (tertiary/aromatic N) is 1. The first-order chi connectivity index (χ1) is 11.0. The first-order valence-corrected chi connectivity index (χ1v) is 8.74. The van der Waals surface area contributed by atoms with Crippen LogP contribution in [0.2, 0.25) is 0 Å². The van der Waals surface area contributed by atoms with Crippen LogP contribution >= 0.6 is 11.3 Å². The molecule has 2 N–H and O–H groups in total. The number of aromatic nitrogens is 1. The predicted molar refractivity (Wildman–Crippen MR) is 93.9 cm³/mol. The Balaban J connectivity index is 1.88. The molecule has 23 heavy (non-hydrogen) atoms. The van der Waals surface area contributed by atoms with Gasteiger partial charge in [-0.15, -0.1) is 11.3 Å². The topological polar surface area (TPSA) is 62.2 Å². The molecule has 1 aromatic heterocycles. The molecule has 2 aromatic rings. The average molecular weight is 332 g/mol. The van der Waals surface area contributed by atoms with E-state index in [9.17, 15) is 9.90 Å². The SMILES string of the molecule is Cc1nc(CC(C)C)sc1C(=O)NCC(O)Cc1ccccc1. The van der Waals surface area contributed by atoms with Gasteiger partial charge in [-0.3, -0.25) is 4.79 Å². The average Bonchev–Trinajstić information content (AvgIpc) is 2.85. The van der Waals surface area contributed by atoms with Crippen molar-refractivity contribution in [2.45, 2.75) is 39.7 Å². The van der Waals surface area contributed by atoms with Crippen LogP contribution in [0.3, 0.4) is 0 Å². The zero-order valence-corrected chi connectivity index (χ0v) is 14.7. The molecule has 0 aliphatic carbocycles. The normalized spacial score (nSPS) is 12.4. The number of carbonyl (C=O) groups is 1. The molecular weight excluding hydrogens is 308 g/mol. The molecule has 1 aromatic carbocycles. The Morgan fingerprint density at radius 1 is 1.26 bits per heavy atom. The maximum atomic E-state index is 12.3. The minimum Gasteiger partial charge on any atom is -0.391 e. The number of aliphatic hydroxyl groups is 1. The highest BCUT2D eigenvalue weighted by Crippen LogP contribution is 2.20. The molecule has 0 saturated heterocycles. The standard InChI is InChI=1S/C18H24N2O2S/c1-12(2)9-16-20-13(3)17(23-16)18(22)19-11-15(21)10-14-7-5-4-6-8-14/h4-8,12,15,21H,9-11H2,1-3H3,(H,19,22). The molecule has 4 nitrogen and oxygen atoms in total. The van der Waals surface area contributed by atoms with Gasteiger partial charge in [0.1, 0.15) is 4.88 Å². The molecule has 124 valence electrons. The Kier molecular flexibility index (Phi) is 6.30. The first-order valence-electron chi connectivity index (χ1n) is 7.92. The summed E-state index contributed by atoms with van der Waals surface area (Å²) in [5.41, 5.74) is 1.82. The lowest BCUT2D eigenvalue weighted by Crippen LogP contribution is -2.33. The number of rotatable bonds is 7. The predicted octanol–water partition coefficient (Wildman–Crippen LogP) is 2.98. The van der Waals surface area contributed by atoms with Gasteiger partial charge in [-0.2, -0.15) is 0 Å². The third-order valence-electron chi connectivity index (χ3n) is 3.44. The van der Waals surface area contributed by atoms with Gasteiger partial charge in [-0.1, -0.05) is 44.2 Å². The Hall–Kier alpha value is -1.72. The van der Waals surface area contributed by atoms with E-state index in [0.717, 1.165) is 22.7 Å². The van der Waals surface area contributed by atoms with E-state index in [4.69, 9.17) is 0 Å². The van der Waals surface area contributed by atoms with E-state index in [-0.39, 0.29) is 12.5 Å². The van der Waals surface area contributed by atoms with Gasteiger partial charge in [0.25, 0.3) is 5.91 Å². The van der Waals surface area contributed by atoms with Gasteiger partial charge in [-0.05, 0) is 18.4 Å². The zero-order valence-electron chi connectivity index (χ0n) is 13.9. The van der Waals surface area contributed by atoms with Crippen LogP contribution in [0.4, 0.5) is 0 Å². The number of benzene rings is 1. The number of amides is 1. The van der Waals surface area contributed by atoms with Crippen molar-refractivity contribution in [1.29, 1.82) is 0 Å². The highest BCUT2D eigenvalue weighted by atomic mass is 32.1. The van der Waals surface area contributed by atoms with Crippen molar-refractivity contribution in [3.05, 3.63) is 51.5 Å². The Morgan fingerprint density at radius 3 is 2.61 bits per heavy atom. The second-order valence-electron chi connectivity index (χ2n) is 6.17. The third kappa shape index (κ3) is 5.44. The molecule has 5 heteroatoms. The second-order valence-corrected chi connectivity index (χ2v) is 7.26. The van der Waals surface area contributed by atoms with Crippen molar-refractivity contribution < 1.29 is 9.90 Å². The van der Waals surface area contributed by atoms with Crippen LogP contribution in [0.15, 0.2) is 30.3 Å². The van der Waals surface area contributed by atoms with Crippen molar-refractivity contribution >= 4 is 17.2 Å². The van der Waals surface area contributed by atoms with Gasteiger partial charge in [-0.25, -0.2) is 4.98 Å². The molecule has 0 fully saturated rings. The van der Waals surface area contributed by atoms with Crippen LogP contribution in [0, 0.1) is 12.8 Å². The van der Waals surface area contributed by atoms with Crippen molar-refractivity contribution in [3.8, 4) is 0 Å². The third-order valence-corrected chi connectivity index (χ3v) is 4.62. The molecule has 0 aliphatic heterocycles. The van der Waals surface area contributed by atoms with Crippen molar-refractivity contribution in [1.82, 2.24) is 10.3 Å². The fourth-order valence-electron chi connectivity index (χ4n) is 2.35. The number of carbonyl (C=O) groups excluding carboxylic acids is 1. The van der Waals surface area contributed by atoms with Gasteiger partial charge in [0.05, 0.1) is 16.8 Å². The molecule has 0 aliphatic rings. The highest BCUT2D eigenvalue weighted by Gasteiger charge is 2.16. The highest BCUT2D eigenvalue weighted by molar-refractivity contribution is 7.13. The Labute approximate surface area is 141 Å². The summed E-state index contributed by atoms with van der Waals surface area (Å²) >= 11 is 1.45. The fraction of sp³-hybridized carbons (Fsp3) is 0.444. The monoisotopic (exact) mass is 332 g/mol. The molecule has 0 saturated carbocycles. The first kappa shape index (κ1) is 17.6. The molecule has 1 unspecified atom stereocenters. The number of aliphatic hydroxyl groups excluding tert-OH is 1. The summed E-state index contributed by atoms with van der Waals surface area (Å²) in [6.45, 7) is 6.37. The molecule has 1 atom stereocenters. The van der Waals surface area contributed by atoms with Crippen molar-refractivity contribution in [2.75, 3.05) is 6.54 Å². The van der Waals surface area contributed by atoms with E-state index in [1.807, 2.05) is 37.3 Å². The number of nitrogens with one attached hydrogen (secondary N) is 1. The Bertz CT molecular complexity index is 638. The van der Waals surface area contributed by atoms with Gasteiger partial charge >= 0.3 is 0 Å². The molecule has 1 heterocycles. The summed E-state index contributed by atoms with van der Waals surface area (Å²) in [7, 11) is 0. The maximum absolute atomic E-state index is 12.3. The van der Waals surface area contributed by atoms with Crippen LogP contribution in [0.5, 0.6) is 0 Å². The lowest BCUT2D eigenvalue weighted by Gasteiger charge is -2.11. The smallest absolute Gasteiger partial charge is 0.263 e. The lowest BCUT2D eigenvalue weighted by atomic mass is 10.1. The number of aryl methyl sites for hydroxylation is 1. The Morgan fingerprint density at radius 2 is 1.96 bits per heavy atom. The molecule has 0 spiro atoms. The zero-order chi connectivity index (χ0) is 16.8. The fourth-order valence-corrected chi connectivity index (χ4v) is 3.54. The molecular formula is C18H24N2O2S.